The molecule has 9 heteroatoms. The first kappa shape index (κ1) is 23.5. The molecule has 0 aromatic heterocycles. The van der Waals surface area contributed by atoms with Crippen molar-refractivity contribution in [2.75, 3.05) is 0 Å². The molecule has 0 bridgehead atoms. The number of amides is 1. The summed E-state index contributed by atoms with van der Waals surface area (Å²) in [5, 5.41) is 11.7. The maximum atomic E-state index is 13.7. The maximum absolute atomic E-state index is 13.7. The van der Waals surface area contributed by atoms with E-state index in [1.807, 2.05) is 0 Å². The normalized spacial score (nSPS) is 16.1. The lowest BCUT2D eigenvalue weighted by atomic mass is 9.96. The molecule has 1 unspecified atom stereocenters. The summed E-state index contributed by atoms with van der Waals surface area (Å²) in [4.78, 5) is 12.4. The number of nitrogens with one attached hydrogen (secondary N) is 1. The predicted molar refractivity (Wildman–Crippen MR) is 116 cm³/mol. The Labute approximate surface area is 192 Å². The molecule has 2 aromatic carbocycles. The number of nitrogens with zero attached hydrogens (tertiary/aromatic N) is 1. The summed E-state index contributed by atoms with van der Waals surface area (Å²) in [7, 11) is 0. The van der Waals surface area contributed by atoms with Crippen LogP contribution >= 0.6 is 34.8 Å². The van der Waals surface area contributed by atoms with Crippen LogP contribution in [0.4, 0.5) is 13.2 Å². The first-order chi connectivity index (χ1) is 14.5. The fraction of sp³-hybridized carbons (Fsp3) is 0.273. The molecule has 0 aliphatic heterocycles. The number of hydrogen-bond donors (Lipinski definition) is 1. The topological polar surface area (TPSA) is 52.9 Å². The average Bonchev–Trinajstić information content (AvgIpc) is 3.45. The van der Waals surface area contributed by atoms with Crippen LogP contribution in [0.15, 0.2) is 36.4 Å². The standard InChI is InChI=1S/C22H16Cl3F3N2O/c1-12-8-13(2-4-15(12)20(31)30-21(11-29)6-7-21)3-5-16(22(26,27)28)14-9-17(23)19(25)18(24)10-14/h2-5,8-10,16H,6-7H2,1H3,(H,30,31)/b5-3+. The Morgan fingerprint density at radius 2 is 1.81 bits per heavy atom. The molecule has 0 radical (unpaired) electrons. The van der Waals surface area contributed by atoms with Gasteiger partial charge in [0.2, 0.25) is 0 Å². The number of benzene rings is 2. The minimum Gasteiger partial charge on any atom is -0.334 e. The van der Waals surface area contributed by atoms with Crippen LogP contribution in [0.25, 0.3) is 6.08 Å². The Morgan fingerprint density at radius 1 is 1.19 bits per heavy atom. The van der Waals surface area contributed by atoms with Crippen molar-refractivity contribution >= 4 is 46.8 Å². The third-order valence-corrected chi connectivity index (χ3v) is 6.21. The van der Waals surface area contributed by atoms with Crippen molar-refractivity contribution in [2.24, 2.45) is 0 Å². The zero-order valence-corrected chi connectivity index (χ0v) is 18.4. The molecule has 2 aromatic rings. The Morgan fingerprint density at radius 3 is 2.29 bits per heavy atom. The second-order valence-electron chi connectivity index (χ2n) is 7.40. The molecule has 0 saturated heterocycles. The summed E-state index contributed by atoms with van der Waals surface area (Å²) < 4.78 is 41.0. The molecule has 1 atom stereocenters. The lowest BCUT2D eigenvalue weighted by molar-refractivity contribution is -0.139. The molecule has 0 heterocycles. The van der Waals surface area contributed by atoms with Gasteiger partial charge in [0.15, 0.2) is 0 Å². The molecule has 1 saturated carbocycles. The Bertz CT molecular complexity index is 1080. The minimum atomic E-state index is -4.58. The lowest BCUT2D eigenvalue weighted by Gasteiger charge is -2.18. The molecule has 1 fully saturated rings. The molecule has 1 N–H and O–H groups in total. The fourth-order valence-electron chi connectivity index (χ4n) is 3.09. The van der Waals surface area contributed by atoms with Crippen molar-refractivity contribution in [3.05, 3.63) is 73.7 Å². The van der Waals surface area contributed by atoms with E-state index in [-0.39, 0.29) is 26.5 Å². The maximum Gasteiger partial charge on any atom is 0.399 e. The predicted octanol–water partition coefficient (Wildman–Crippen LogP) is 7.10. The number of hydrogen-bond acceptors (Lipinski definition) is 2. The van der Waals surface area contributed by atoms with E-state index in [9.17, 15) is 18.0 Å². The van der Waals surface area contributed by atoms with E-state index >= 15 is 0 Å². The van der Waals surface area contributed by atoms with Gasteiger partial charge in [-0.3, -0.25) is 4.79 Å². The van der Waals surface area contributed by atoms with Crippen LogP contribution in [-0.2, 0) is 0 Å². The Hall–Kier alpha value is -2.20. The summed E-state index contributed by atoms with van der Waals surface area (Å²) in [5.74, 6) is -2.33. The molecule has 0 spiro atoms. The molecule has 3 rings (SSSR count). The number of allylic oxidation sites excluding steroid dienone is 1. The fourth-order valence-corrected chi connectivity index (χ4v) is 3.70. The average molecular weight is 488 g/mol. The number of alkyl halides is 3. The van der Waals surface area contributed by atoms with Gasteiger partial charge >= 0.3 is 6.18 Å². The third-order valence-electron chi connectivity index (χ3n) is 5.01. The van der Waals surface area contributed by atoms with Crippen molar-refractivity contribution in [1.82, 2.24) is 5.32 Å². The van der Waals surface area contributed by atoms with Gasteiger partial charge in [0, 0.05) is 5.56 Å². The smallest absolute Gasteiger partial charge is 0.334 e. The van der Waals surface area contributed by atoms with E-state index < -0.39 is 17.6 Å². The summed E-state index contributed by atoms with van der Waals surface area (Å²) >= 11 is 17.6. The van der Waals surface area contributed by atoms with E-state index in [1.165, 1.54) is 12.1 Å². The van der Waals surface area contributed by atoms with Crippen molar-refractivity contribution in [3.8, 4) is 6.07 Å². The van der Waals surface area contributed by atoms with E-state index in [1.54, 1.807) is 19.1 Å². The molecule has 162 valence electrons. The van der Waals surface area contributed by atoms with Crippen molar-refractivity contribution in [1.29, 1.82) is 5.26 Å². The van der Waals surface area contributed by atoms with Crippen LogP contribution in [0.5, 0.6) is 0 Å². The van der Waals surface area contributed by atoms with Gasteiger partial charge in [-0.05, 0) is 54.7 Å². The Balaban J connectivity index is 1.85. The summed E-state index contributed by atoms with van der Waals surface area (Å²) in [5.41, 5.74) is 0.484. The van der Waals surface area contributed by atoms with Crippen LogP contribution in [0, 0.1) is 18.3 Å². The van der Waals surface area contributed by atoms with Crippen LogP contribution in [0.2, 0.25) is 15.1 Å². The summed E-state index contributed by atoms with van der Waals surface area (Å²) in [6, 6.07) is 9.03. The van der Waals surface area contributed by atoms with Gasteiger partial charge in [0.05, 0.1) is 27.1 Å². The molecule has 1 amide bonds. The third kappa shape index (κ3) is 5.35. The SMILES string of the molecule is Cc1cc(/C=C/C(c2cc(Cl)c(Cl)c(Cl)c2)C(F)(F)F)ccc1C(=O)NC1(C#N)CC1. The molecule has 3 nitrogen and oxygen atoms in total. The number of nitriles is 1. The van der Waals surface area contributed by atoms with Gasteiger partial charge in [-0.1, -0.05) is 59.1 Å². The van der Waals surface area contributed by atoms with Crippen molar-refractivity contribution < 1.29 is 18.0 Å². The Kier molecular flexibility index (Phi) is 6.61. The highest BCUT2D eigenvalue weighted by molar-refractivity contribution is 6.48. The van der Waals surface area contributed by atoms with Gasteiger partial charge in [0.25, 0.3) is 5.91 Å². The van der Waals surface area contributed by atoms with E-state index in [2.05, 4.69) is 11.4 Å². The molecular weight excluding hydrogens is 472 g/mol. The first-order valence-corrected chi connectivity index (χ1v) is 10.3. The van der Waals surface area contributed by atoms with Gasteiger partial charge in [-0.25, -0.2) is 0 Å². The van der Waals surface area contributed by atoms with Gasteiger partial charge in [0.1, 0.15) is 5.54 Å². The number of halogens is 6. The first-order valence-electron chi connectivity index (χ1n) is 9.19. The lowest BCUT2D eigenvalue weighted by Crippen LogP contribution is -2.35. The summed E-state index contributed by atoms with van der Waals surface area (Å²) in [6.07, 6.45) is -1.05. The summed E-state index contributed by atoms with van der Waals surface area (Å²) in [6.45, 7) is 1.68. The highest BCUT2D eigenvalue weighted by Crippen LogP contribution is 2.41. The number of carbonyl (C=O) groups is 1. The van der Waals surface area contributed by atoms with Gasteiger partial charge in [-0.2, -0.15) is 18.4 Å². The zero-order valence-electron chi connectivity index (χ0n) is 16.2. The number of carbonyl (C=O) groups excluding carboxylic acids is 1. The molecule has 1 aliphatic rings. The van der Waals surface area contributed by atoms with E-state index in [0.29, 0.717) is 29.5 Å². The quantitative estimate of drug-likeness (QED) is 0.457. The highest BCUT2D eigenvalue weighted by Gasteiger charge is 2.45. The van der Waals surface area contributed by atoms with Crippen molar-refractivity contribution in [3.63, 3.8) is 0 Å². The molecular formula is C22H16Cl3F3N2O. The second kappa shape index (κ2) is 8.74. The van der Waals surface area contributed by atoms with Crippen LogP contribution < -0.4 is 5.32 Å². The van der Waals surface area contributed by atoms with Crippen LogP contribution in [-0.4, -0.2) is 17.6 Å². The van der Waals surface area contributed by atoms with E-state index in [0.717, 1.165) is 18.2 Å². The minimum absolute atomic E-state index is 0.00847. The second-order valence-corrected chi connectivity index (χ2v) is 8.59. The number of aryl methyl sites for hydroxylation is 1. The van der Waals surface area contributed by atoms with Gasteiger partial charge in [-0.15, -0.1) is 0 Å². The largest absolute Gasteiger partial charge is 0.399 e. The van der Waals surface area contributed by atoms with E-state index in [4.69, 9.17) is 40.1 Å². The molecule has 31 heavy (non-hydrogen) atoms. The highest BCUT2D eigenvalue weighted by atomic mass is 35.5. The van der Waals surface area contributed by atoms with Crippen molar-refractivity contribution in [2.45, 2.75) is 37.4 Å². The zero-order chi connectivity index (χ0) is 23.0. The van der Waals surface area contributed by atoms with Gasteiger partial charge < -0.3 is 5.32 Å². The van der Waals surface area contributed by atoms with Crippen LogP contribution in [0.3, 0.4) is 0 Å². The van der Waals surface area contributed by atoms with Crippen LogP contribution in [0.1, 0.15) is 45.8 Å². The monoisotopic (exact) mass is 486 g/mol. The molecule has 1 aliphatic carbocycles. The number of rotatable bonds is 5.